The van der Waals surface area contributed by atoms with Gasteiger partial charge in [-0.1, -0.05) is 18.3 Å². The van der Waals surface area contributed by atoms with Crippen LogP contribution in [0.4, 0.5) is 5.13 Å². The van der Waals surface area contributed by atoms with Gasteiger partial charge in [-0.2, -0.15) is 0 Å². The molecule has 1 aliphatic carbocycles. The summed E-state index contributed by atoms with van der Waals surface area (Å²) in [5.74, 6) is 0.122. The topological polar surface area (TPSA) is 68.3 Å². The monoisotopic (exact) mass is 364 g/mol. The van der Waals surface area contributed by atoms with Crippen molar-refractivity contribution in [2.24, 2.45) is 5.92 Å². The summed E-state index contributed by atoms with van der Waals surface area (Å²) in [4.78, 5) is 31.0. The van der Waals surface area contributed by atoms with Crippen molar-refractivity contribution in [3.63, 3.8) is 0 Å². The van der Waals surface area contributed by atoms with E-state index in [0.29, 0.717) is 33.1 Å². The Bertz CT molecular complexity index is 779. The van der Waals surface area contributed by atoms with Crippen molar-refractivity contribution in [2.75, 3.05) is 11.9 Å². The van der Waals surface area contributed by atoms with Gasteiger partial charge in [-0.3, -0.25) is 10.1 Å². The molecule has 1 atom stereocenters. The summed E-state index contributed by atoms with van der Waals surface area (Å²) < 4.78 is 5.00. The van der Waals surface area contributed by atoms with Crippen LogP contribution in [0.25, 0.3) is 0 Å². The van der Waals surface area contributed by atoms with Crippen LogP contribution in [0.3, 0.4) is 0 Å². The summed E-state index contributed by atoms with van der Waals surface area (Å²) >= 11 is 2.72. The number of thiazole rings is 1. The number of nitrogens with zero attached hydrogens (tertiary/aromatic N) is 1. The van der Waals surface area contributed by atoms with Crippen LogP contribution < -0.4 is 5.32 Å². The lowest BCUT2D eigenvalue weighted by atomic mass is 9.90. The van der Waals surface area contributed by atoms with Gasteiger partial charge in [0, 0.05) is 4.88 Å². The van der Waals surface area contributed by atoms with Crippen molar-refractivity contribution in [3.8, 4) is 0 Å². The van der Waals surface area contributed by atoms with Crippen molar-refractivity contribution < 1.29 is 14.3 Å². The quantitative estimate of drug-likeness (QED) is 0.831. The summed E-state index contributed by atoms with van der Waals surface area (Å²) in [7, 11) is 0. The molecule has 0 unspecified atom stereocenters. The van der Waals surface area contributed by atoms with Gasteiger partial charge in [0.1, 0.15) is 4.88 Å². The number of amides is 1. The molecule has 0 saturated heterocycles. The summed E-state index contributed by atoms with van der Waals surface area (Å²) in [6.45, 7) is 6.06. The number of ether oxygens (including phenoxy) is 1. The van der Waals surface area contributed by atoms with Crippen molar-refractivity contribution in [1.29, 1.82) is 0 Å². The molecule has 0 saturated carbocycles. The number of anilines is 1. The first kappa shape index (κ1) is 17.1. The number of rotatable bonds is 4. The van der Waals surface area contributed by atoms with E-state index in [-0.39, 0.29) is 5.91 Å². The third kappa shape index (κ3) is 3.52. The minimum Gasteiger partial charge on any atom is -0.462 e. The van der Waals surface area contributed by atoms with E-state index >= 15 is 0 Å². The zero-order valence-corrected chi connectivity index (χ0v) is 15.6. The number of fused-ring (bicyclic) bond motifs is 1. The molecule has 5 nitrogen and oxygen atoms in total. The van der Waals surface area contributed by atoms with Gasteiger partial charge < -0.3 is 4.74 Å². The summed E-state index contributed by atoms with van der Waals surface area (Å²) in [6, 6.07) is 2.00. The predicted octanol–water partition coefficient (Wildman–Crippen LogP) is 4.07. The number of hydrogen-bond donors (Lipinski definition) is 1. The molecule has 7 heteroatoms. The fraction of sp³-hybridized carbons (Fsp3) is 0.471. The standard InChI is InChI=1S/C17H20N2O3S2/c1-4-22-16(21)14-10(3)18-17(24-14)19-15(20)13-8-11-7-9(2)5-6-12(11)23-13/h8-9H,4-7H2,1-3H3,(H,18,19,20)/t9-/m0/s1. The first-order valence-electron chi connectivity index (χ1n) is 8.05. The van der Waals surface area contributed by atoms with Gasteiger partial charge in [0.05, 0.1) is 17.2 Å². The highest BCUT2D eigenvalue weighted by atomic mass is 32.1. The number of esters is 1. The average Bonchev–Trinajstić information content (AvgIpc) is 3.10. The van der Waals surface area contributed by atoms with Crippen LogP contribution in [-0.2, 0) is 17.6 Å². The average molecular weight is 364 g/mol. The number of thiophene rings is 1. The summed E-state index contributed by atoms with van der Waals surface area (Å²) in [5.41, 5.74) is 1.87. The molecule has 1 N–H and O–H groups in total. The van der Waals surface area contributed by atoms with E-state index < -0.39 is 5.97 Å². The van der Waals surface area contributed by atoms with Gasteiger partial charge in [-0.15, -0.1) is 11.3 Å². The van der Waals surface area contributed by atoms with Gasteiger partial charge in [0.2, 0.25) is 0 Å². The fourth-order valence-corrected chi connectivity index (χ4v) is 4.77. The Morgan fingerprint density at radius 2 is 2.21 bits per heavy atom. The first-order valence-corrected chi connectivity index (χ1v) is 9.68. The van der Waals surface area contributed by atoms with Crippen molar-refractivity contribution in [1.82, 2.24) is 4.98 Å². The third-order valence-corrected chi connectivity index (χ3v) is 6.32. The van der Waals surface area contributed by atoms with Crippen LogP contribution in [0.2, 0.25) is 0 Å². The fourth-order valence-electron chi connectivity index (χ4n) is 2.81. The predicted molar refractivity (Wildman–Crippen MR) is 96.3 cm³/mol. The molecule has 3 rings (SSSR count). The van der Waals surface area contributed by atoms with E-state index in [4.69, 9.17) is 4.74 Å². The third-order valence-electron chi connectivity index (χ3n) is 4.03. The molecule has 0 fully saturated rings. The highest BCUT2D eigenvalue weighted by molar-refractivity contribution is 7.18. The van der Waals surface area contributed by atoms with Gasteiger partial charge >= 0.3 is 5.97 Å². The smallest absolute Gasteiger partial charge is 0.350 e. The van der Waals surface area contributed by atoms with Crippen LogP contribution in [0.1, 0.15) is 55.7 Å². The maximum absolute atomic E-state index is 12.5. The van der Waals surface area contributed by atoms with Crippen molar-refractivity contribution in [2.45, 2.75) is 40.0 Å². The molecule has 128 valence electrons. The molecule has 0 spiro atoms. The van der Waals surface area contributed by atoms with Crippen LogP contribution in [0, 0.1) is 12.8 Å². The number of aromatic nitrogens is 1. The number of hydrogen-bond acceptors (Lipinski definition) is 6. The van der Waals surface area contributed by atoms with Crippen LogP contribution in [-0.4, -0.2) is 23.5 Å². The first-order chi connectivity index (χ1) is 11.5. The Morgan fingerprint density at radius 1 is 1.42 bits per heavy atom. The second-order valence-corrected chi connectivity index (χ2v) is 8.15. The van der Waals surface area contributed by atoms with Gasteiger partial charge in [0.25, 0.3) is 5.91 Å². The minimum absolute atomic E-state index is 0.161. The summed E-state index contributed by atoms with van der Waals surface area (Å²) in [6.07, 6.45) is 3.28. The minimum atomic E-state index is -0.395. The van der Waals surface area contributed by atoms with E-state index in [9.17, 15) is 9.59 Å². The molecular formula is C17H20N2O3S2. The number of carbonyl (C=O) groups excluding carboxylic acids is 2. The molecule has 2 heterocycles. The Hall–Kier alpha value is -1.73. The maximum atomic E-state index is 12.5. The Labute approximate surface area is 149 Å². The van der Waals surface area contributed by atoms with Gasteiger partial charge in [-0.05, 0) is 50.7 Å². The summed E-state index contributed by atoms with van der Waals surface area (Å²) in [5, 5.41) is 3.24. The van der Waals surface area contributed by atoms with Crippen molar-refractivity contribution >= 4 is 39.7 Å². The number of aryl methyl sites for hydroxylation is 2. The zero-order valence-electron chi connectivity index (χ0n) is 14.0. The molecule has 1 amide bonds. The van der Waals surface area contributed by atoms with E-state index in [0.717, 1.165) is 24.2 Å². The molecule has 0 aliphatic heterocycles. The Morgan fingerprint density at radius 3 is 2.96 bits per heavy atom. The Balaban J connectivity index is 1.74. The molecule has 2 aromatic heterocycles. The van der Waals surface area contributed by atoms with Crippen LogP contribution in [0.15, 0.2) is 6.07 Å². The highest BCUT2D eigenvalue weighted by Gasteiger charge is 2.22. The zero-order chi connectivity index (χ0) is 17.3. The van der Waals surface area contributed by atoms with E-state index in [2.05, 4.69) is 17.2 Å². The Kier molecular flexibility index (Phi) is 5.01. The maximum Gasteiger partial charge on any atom is 0.350 e. The van der Waals surface area contributed by atoms with Crippen LogP contribution >= 0.6 is 22.7 Å². The molecule has 0 aromatic carbocycles. The van der Waals surface area contributed by atoms with Gasteiger partial charge in [-0.25, -0.2) is 9.78 Å². The molecule has 0 radical (unpaired) electrons. The highest BCUT2D eigenvalue weighted by Crippen LogP contribution is 2.33. The second-order valence-electron chi connectivity index (χ2n) is 6.02. The van der Waals surface area contributed by atoms with E-state index in [1.54, 1.807) is 25.2 Å². The molecule has 2 aromatic rings. The van der Waals surface area contributed by atoms with Gasteiger partial charge in [0.15, 0.2) is 5.13 Å². The normalized spacial score (nSPS) is 16.5. The van der Waals surface area contributed by atoms with E-state index in [1.807, 2.05) is 6.07 Å². The molecular weight excluding hydrogens is 344 g/mol. The lowest BCUT2D eigenvalue weighted by Crippen LogP contribution is -2.10. The lowest BCUT2D eigenvalue weighted by molar-refractivity contribution is 0.0531. The lowest BCUT2D eigenvalue weighted by Gasteiger charge is -2.16. The molecule has 24 heavy (non-hydrogen) atoms. The molecule has 0 bridgehead atoms. The second kappa shape index (κ2) is 7.03. The SMILES string of the molecule is CCOC(=O)c1sc(NC(=O)c2cc3c(s2)CC[C@H](C)C3)nc1C. The number of nitrogens with one attached hydrogen (secondary N) is 1. The largest absolute Gasteiger partial charge is 0.462 e. The number of carbonyl (C=O) groups is 2. The van der Waals surface area contributed by atoms with E-state index in [1.165, 1.54) is 16.9 Å². The van der Waals surface area contributed by atoms with Crippen LogP contribution in [0.5, 0.6) is 0 Å². The molecule has 1 aliphatic rings. The van der Waals surface area contributed by atoms with Crippen molar-refractivity contribution in [3.05, 3.63) is 32.0 Å².